The second-order valence-electron chi connectivity index (χ2n) is 5.09. The van der Waals surface area contributed by atoms with Gasteiger partial charge in [0.05, 0.1) is 6.10 Å². The van der Waals surface area contributed by atoms with Crippen LogP contribution < -0.4 is 0 Å². The van der Waals surface area contributed by atoms with Gasteiger partial charge in [0, 0.05) is 23.6 Å². The fourth-order valence-electron chi connectivity index (χ4n) is 2.02. The first kappa shape index (κ1) is 18.6. The normalized spacial score (nSPS) is 25.1. The standard InChI is InChI=1S/C13H24NO3PS2/c1-6-7-16-12-8-19-20-9-13(12)17-18(15)14(10(2)3)11(4)5/h1,10-13,15H,7-9H2,2-5H3/t12-,13+,18?/m1/s1. The fourth-order valence-corrected chi connectivity index (χ4v) is 5.91. The Hall–Kier alpha value is 0.530. The van der Waals surface area contributed by atoms with Gasteiger partial charge in [-0.1, -0.05) is 27.5 Å². The zero-order valence-corrected chi connectivity index (χ0v) is 15.0. The molecule has 1 N–H and O–H groups in total. The van der Waals surface area contributed by atoms with Crippen LogP contribution in [-0.4, -0.2) is 52.0 Å². The maximum Gasteiger partial charge on any atom is 0.256 e. The van der Waals surface area contributed by atoms with Crippen LogP contribution in [0.5, 0.6) is 0 Å². The van der Waals surface area contributed by atoms with E-state index in [1.165, 1.54) is 0 Å². The van der Waals surface area contributed by atoms with Crippen LogP contribution in [0.4, 0.5) is 0 Å². The Labute approximate surface area is 131 Å². The van der Waals surface area contributed by atoms with Crippen LogP contribution in [0.15, 0.2) is 0 Å². The smallest absolute Gasteiger partial charge is 0.256 e. The quantitative estimate of drug-likeness (QED) is 0.437. The Kier molecular flexibility index (Phi) is 8.85. The molecule has 0 aromatic rings. The van der Waals surface area contributed by atoms with E-state index in [2.05, 4.69) is 33.6 Å². The monoisotopic (exact) mass is 337 g/mol. The lowest BCUT2D eigenvalue weighted by Gasteiger charge is -2.37. The number of hydrogen-bond donors (Lipinski definition) is 1. The number of rotatable bonds is 7. The molecule has 1 rings (SSSR count). The van der Waals surface area contributed by atoms with Gasteiger partial charge in [0.15, 0.2) is 0 Å². The molecule has 1 aliphatic heterocycles. The topological polar surface area (TPSA) is 41.9 Å². The van der Waals surface area contributed by atoms with Gasteiger partial charge in [-0.15, -0.1) is 6.42 Å². The van der Waals surface area contributed by atoms with Crippen molar-refractivity contribution in [1.82, 2.24) is 4.67 Å². The van der Waals surface area contributed by atoms with E-state index in [1.807, 2.05) is 4.67 Å². The zero-order valence-electron chi connectivity index (χ0n) is 12.5. The van der Waals surface area contributed by atoms with Gasteiger partial charge in [0.2, 0.25) is 0 Å². The van der Waals surface area contributed by atoms with Crippen molar-refractivity contribution in [3.05, 3.63) is 0 Å². The van der Waals surface area contributed by atoms with Crippen molar-refractivity contribution in [3.8, 4) is 12.3 Å². The summed E-state index contributed by atoms with van der Waals surface area (Å²) < 4.78 is 13.5. The maximum atomic E-state index is 10.4. The van der Waals surface area contributed by atoms with Crippen molar-refractivity contribution >= 4 is 30.1 Å². The molecule has 0 amide bonds. The molecule has 116 valence electrons. The van der Waals surface area contributed by atoms with E-state index in [4.69, 9.17) is 15.7 Å². The van der Waals surface area contributed by atoms with E-state index in [1.54, 1.807) is 21.6 Å². The number of terminal acetylenes is 1. The highest BCUT2D eigenvalue weighted by atomic mass is 33.1. The van der Waals surface area contributed by atoms with E-state index in [0.717, 1.165) is 11.5 Å². The summed E-state index contributed by atoms with van der Waals surface area (Å²) in [5.74, 6) is 4.13. The lowest BCUT2D eigenvalue weighted by Crippen LogP contribution is -2.40. The largest absolute Gasteiger partial charge is 0.362 e. The van der Waals surface area contributed by atoms with E-state index < -0.39 is 8.53 Å². The first-order valence-electron chi connectivity index (χ1n) is 6.70. The third-order valence-corrected chi connectivity index (χ3v) is 7.02. The summed E-state index contributed by atoms with van der Waals surface area (Å²) in [6.07, 6.45) is 5.09. The Bertz CT molecular complexity index is 317. The molecule has 4 nitrogen and oxygen atoms in total. The Balaban J connectivity index is 2.60. The Morgan fingerprint density at radius 3 is 2.30 bits per heavy atom. The van der Waals surface area contributed by atoms with Gasteiger partial charge < -0.3 is 14.2 Å². The van der Waals surface area contributed by atoms with Crippen molar-refractivity contribution in [2.45, 2.75) is 52.0 Å². The lowest BCUT2D eigenvalue weighted by atomic mass is 10.2. The summed E-state index contributed by atoms with van der Waals surface area (Å²) in [6, 6.07) is 0.476. The molecule has 0 aromatic carbocycles. The molecule has 1 fully saturated rings. The van der Waals surface area contributed by atoms with Crippen molar-refractivity contribution in [1.29, 1.82) is 0 Å². The van der Waals surface area contributed by atoms with Crippen molar-refractivity contribution in [2.24, 2.45) is 0 Å². The Morgan fingerprint density at radius 1 is 1.25 bits per heavy atom. The minimum absolute atomic E-state index is 0.0457. The second kappa shape index (κ2) is 9.53. The molecule has 1 saturated heterocycles. The van der Waals surface area contributed by atoms with Crippen molar-refractivity contribution in [3.63, 3.8) is 0 Å². The molecular weight excluding hydrogens is 313 g/mol. The van der Waals surface area contributed by atoms with Gasteiger partial charge >= 0.3 is 0 Å². The molecular formula is C13H24NO3PS2. The predicted octanol–water partition coefficient (Wildman–Crippen LogP) is 3.12. The second-order valence-corrected chi connectivity index (χ2v) is 8.82. The third kappa shape index (κ3) is 5.73. The highest BCUT2D eigenvalue weighted by Crippen LogP contribution is 2.45. The average Bonchev–Trinajstić information content (AvgIpc) is 2.36. The van der Waals surface area contributed by atoms with Crippen LogP contribution in [0.3, 0.4) is 0 Å². The fraction of sp³-hybridized carbons (Fsp3) is 0.846. The van der Waals surface area contributed by atoms with Gasteiger partial charge in [-0.05, 0) is 27.7 Å². The van der Waals surface area contributed by atoms with Gasteiger partial charge in [0.1, 0.15) is 12.7 Å². The van der Waals surface area contributed by atoms with E-state index in [-0.39, 0.29) is 30.9 Å². The first-order chi connectivity index (χ1) is 9.47. The third-order valence-electron chi connectivity index (χ3n) is 2.83. The molecule has 0 bridgehead atoms. The summed E-state index contributed by atoms with van der Waals surface area (Å²) in [6.45, 7) is 8.54. The molecule has 1 unspecified atom stereocenters. The van der Waals surface area contributed by atoms with Crippen LogP contribution in [-0.2, 0) is 9.26 Å². The molecule has 20 heavy (non-hydrogen) atoms. The van der Waals surface area contributed by atoms with E-state index in [0.29, 0.717) is 0 Å². The van der Waals surface area contributed by atoms with Crippen LogP contribution in [0.2, 0.25) is 0 Å². The van der Waals surface area contributed by atoms with Crippen molar-refractivity contribution < 1.29 is 14.2 Å². The summed E-state index contributed by atoms with van der Waals surface area (Å²) in [5, 5.41) is 0. The molecule has 3 atom stereocenters. The number of ether oxygens (including phenoxy) is 1. The van der Waals surface area contributed by atoms with Gasteiger partial charge in [-0.2, -0.15) is 0 Å². The summed E-state index contributed by atoms with van der Waals surface area (Å²) in [4.78, 5) is 10.4. The van der Waals surface area contributed by atoms with E-state index in [9.17, 15) is 4.89 Å². The molecule has 0 radical (unpaired) electrons. The summed E-state index contributed by atoms with van der Waals surface area (Å²) in [5.41, 5.74) is 0. The first-order valence-corrected chi connectivity index (χ1v) is 10.4. The van der Waals surface area contributed by atoms with Crippen LogP contribution >= 0.6 is 30.1 Å². The molecule has 0 aliphatic carbocycles. The minimum Gasteiger partial charge on any atom is -0.362 e. The number of nitrogens with zero attached hydrogens (tertiary/aromatic N) is 1. The SMILES string of the molecule is C#CCO[C@@H]1CSSC[C@@H]1OP(O)N(C(C)C)C(C)C. The average molecular weight is 337 g/mol. The van der Waals surface area contributed by atoms with Gasteiger partial charge in [-0.25, -0.2) is 4.67 Å². The van der Waals surface area contributed by atoms with Gasteiger partial charge in [0.25, 0.3) is 8.53 Å². The van der Waals surface area contributed by atoms with Gasteiger partial charge in [-0.3, -0.25) is 0 Å². The molecule has 0 saturated carbocycles. The molecule has 0 spiro atoms. The molecule has 7 heteroatoms. The Morgan fingerprint density at radius 2 is 1.80 bits per heavy atom. The maximum absolute atomic E-state index is 10.4. The highest BCUT2D eigenvalue weighted by Gasteiger charge is 2.33. The van der Waals surface area contributed by atoms with Crippen molar-refractivity contribution in [2.75, 3.05) is 18.1 Å². The highest BCUT2D eigenvalue weighted by molar-refractivity contribution is 8.76. The minimum atomic E-state index is -1.61. The predicted molar refractivity (Wildman–Crippen MR) is 89.6 cm³/mol. The lowest BCUT2D eigenvalue weighted by molar-refractivity contribution is 0.00769. The van der Waals surface area contributed by atoms with Crippen LogP contribution in [0.25, 0.3) is 0 Å². The summed E-state index contributed by atoms with van der Waals surface area (Å²) >= 11 is 0. The van der Waals surface area contributed by atoms with E-state index >= 15 is 0 Å². The van der Waals surface area contributed by atoms with Crippen LogP contribution in [0.1, 0.15) is 27.7 Å². The van der Waals surface area contributed by atoms with Crippen LogP contribution in [0, 0.1) is 12.3 Å². The molecule has 1 aliphatic rings. The zero-order chi connectivity index (χ0) is 15.1. The molecule has 1 heterocycles. The molecule has 0 aromatic heterocycles. The summed E-state index contributed by atoms with van der Waals surface area (Å²) in [7, 11) is 1.90. The number of hydrogen-bond acceptors (Lipinski definition) is 6.